The summed E-state index contributed by atoms with van der Waals surface area (Å²) in [5, 5.41) is 5.64. The molecule has 138 valence electrons. The lowest BCUT2D eigenvalue weighted by atomic mass is 10.2. The zero-order chi connectivity index (χ0) is 18.1. The maximum absolute atomic E-state index is 12.2. The van der Waals surface area contributed by atoms with Gasteiger partial charge in [-0.25, -0.2) is 4.79 Å². The van der Waals surface area contributed by atoms with E-state index < -0.39 is 0 Å². The summed E-state index contributed by atoms with van der Waals surface area (Å²) in [6.07, 6.45) is 1.07. The highest BCUT2D eigenvalue weighted by Gasteiger charge is 2.31. The monoisotopic (exact) mass is 349 g/mol. The topological polar surface area (TPSA) is 79.9 Å². The number of urea groups is 1. The van der Waals surface area contributed by atoms with Crippen LogP contribution in [-0.2, 0) is 9.53 Å². The number of carbonyl (C=O) groups is 2. The van der Waals surface area contributed by atoms with Crippen LogP contribution in [0.5, 0.6) is 5.75 Å². The molecule has 25 heavy (non-hydrogen) atoms. The molecule has 0 saturated carbocycles. The van der Waals surface area contributed by atoms with Gasteiger partial charge in [-0.15, -0.1) is 0 Å². The fourth-order valence-corrected chi connectivity index (χ4v) is 2.70. The molecule has 2 N–H and O–H groups in total. The second kappa shape index (κ2) is 9.88. The molecule has 1 heterocycles. The summed E-state index contributed by atoms with van der Waals surface area (Å²) in [6, 6.07) is 6.97. The van der Waals surface area contributed by atoms with Gasteiger partial charge in [-0.05, 0) is 44.5 Å². The van der Waals surface area contributed by atoms with Crippen LogP contribution in [0.1, 0.15) is 26.7 Å². The zero-order valence-corrected chi connectivity index (χ0v) is 14.9. The Morgan fingerprint density at radius 2 is 2.00 bits per heavy atom. The molecule has 7 nitrogen and oxygen atoms in total. The number of nitrogens with one attached hydrogen (secondary N) is 2. The van der Waals surface area contributed by atoms with Gasteiger partial charge in [0.05, 0.1) is 12.6 Å². The summed E-state index contributed by atoms with van der Waals surface area (Å²) in [5.74, 6) is 0.782. The van der Waals surface area contributed by atoms with Crippen molar-refractivity contribution in [1.29, 1.82) is 0 Å². The first-order chi connectivity index (χ1) is 12.1. The number of benzene rings is 1. The number of hydrogen-bond donors (Lipinski definition) is 2. The Bertz CT molecular complexity index is 562. The molecule has 0 radical (unpaired) electrons. The molecule has 0 bridgehead atoms. The van der Waals surface area contributed by atoms with Gasteiger partial charge in [0.2, 0.25) is 5.91 Å². The van der Waals surface area contributed by atoms with Crippen molar-refractivity contribution >= 4 is 17.6 Å². The van der Waals surface area contributed by atoms with Crippen LogP contribution in [-0.4, -0.2) is 50.9 Å². The van der Waals surface area contributed by atoms with E-state index in [1.807, 2.05) is 38.1 Å². The summed E-state index contributed by atoms with van der Waals surface area (Å²) < 4.78 is 10.6. The minimum absolute atomic E-state index is 0.00538. The van der Waals surface area contributed by atoms with E-state index in [1.165, 1.54) is 0 Å². The van der Waals surface area contributed by atoms with Crippen molar-refractivity contribution in [2.45, 2.75) is 32.7 Å². The van der Waals surface area contributed by atoms with Crippen molar-refractivity contribution in [3.8, 4) is 5.75 Å². The number of amides is 3. The number of hydrogen-bond acceptors (Lipinski definition) is 4. The maximum Gasteiger partial charge on any atom is 0.315 e. The van der Waals surface area contributed by atoms with Gasteiger partial charge in [0, 0.05) is 38.4 Å². The molecular weight excluding hydrogens is 322 g/mol. The second-order valence-corrected chi connectivity index (χ2v) is 5.78. The van der Waals surface area contributed by atoms with Gasteiger partial charge in [-0.3, -0.25) is 4.79 Å². The van der Waals surface area contributed by atoms with Gasteiger partial charge in [-0.2, -0.15) is 0 Å². The van der Waals surface area contributed by atoms with Crippen LogP contribution < -0.4 is 20.3 Å². The predicted octanol–water partition coefficient (Wildman–Crippen LogP) is 1.92. The van der Waals surface area contributed by atoms with E-state index in [4.69, 9.17) is 9.47 Å². The highest BCUT2D eigenvalue weighted by atomic mass is 16.5. The summed E-state index contributed by atoms with van der Waals surface area (Å²) in [4.78, 5) is 25.8. The lowest BCUT2D eigenvalue weighted by Gasteiger charge is -2.18. The molecule has 1 atom stereocenters. The Morgan fingerprint density at radius 3 is 2.68 bits per heavy atom. The SMILES string of the molecule is CCOCCCNC(=O)NC1CC(=O)N(c2ccc(OCC)cc2)C1. The fourth-order valence-electron chi connectivity index (χ4n) is 2.70. The molecule has 1 saturated heterocycles. The first-order valence-electron chi connectivity index (χ1n) is 8.79. The molecule has 1 aliphatic heterocycles. The van der Waals surface area contributed by atoms with E-state index in [9.17, 15) is 9.59 Å². The molecule has 7 heteroatoms. The Labute approximate surface area is 148 Å². The molecule has 1 fully saturated rings. The van der Waals surface area contributed by atoms with Gasteiger partial charge in [0.15, 0.2) is 0 Å². The quantitative estimate of drug-likeness (QED) is 0.668. The second-order valence-electron chi connectivity index (χ2n) is 5.78. The van der Waals surface area contributed by atoms with Gasteiger partial charge in [0.1, 0.15) is 5.75 Å². The van der Waals surface area contributed by atoms with Crippen molar-refractivity contribution in [3.05, 3.63) is 24.3 Å². The molecule has 1 aromatic carbocycles. The molecule has 0 aromatic heterocycles. The number of nitrogens with zero attached hydrogens (tertiary/aromatic N) is 1. The van der Waals surface area contributed by atoms with Gasteiger partial charge >= 0.3 is 6.03 Å². The van der Waals surface area contributed by atoms with E-state index in [2.05, 4.69) is 10.6 Å². The molecule has 3 amide bonds. The predicted molar refractivity (Wildman–Crippen MR) is 96.0 cm³/mol. The van der Waals surface area contributed by atoms with E-state index in [0.29, 0.717) is 39.3 Å². The van der Waals surface area contributed by atoms with Crippen LogP contribution in [0.25, 0.3) is 0 Å². The van der Waals surface area contributed by atoms with E-state index in [1.54, 1.807) is 4.90 Å². The van der Waals surface area contributed by atoms with Gasteiger partial charge < -0.3 is 25.0 Å². The van der Waals surface area contributed by atoms with Crippen LogP contribution >= 0.6 is 0 Å². The van der Waals surface area contributed by atoms with Crippen LogP contribution in [0.4, 0.5) is 10.5 Å². The average molecular weight is 349 g/mol. The van der Waals surface area contributed by atoms with Crippen molar-refractivity contribution in [2.75, 3.05) is 37.8 Å². The molecule has 0 aliphatic carbocycles. The number of ether oxygens (including phenoxy) is 2. The third kappa shape index (κ3) is 5.94. The highest BCUT2D eigenvalue weighted by molar-refractivity contribution is 5.96. The van der Waals surface area contributed by atoms with Crippen molar-refractivity contribution in [1.82, 2.24) is 10.6 Å². The molecular formula is C18H27N3O4. The van der Waals surface area contributed by atoms with Crippen LogP contribution in [0.15, 0.2) is 24.3 Å². The Kier molecular flexibility index (Phi) is 7.53. The van der Waals surface area contributed by atoms with E-state index in [-0.39, 0.29) is 18.0 Å². The molecule has 1 aliphatic rings. The summed E-state index contributed by atoms with van der Waals surface area (Å²) in [5.41, 5.74) is 0.815. The Morgan fingerprint density at radius 1 is 1.24 bits per heavy atom. The average Bonchev–Trinajstić information content (AvgIpc) is 2.96. The van der Waals surface area contributed by atoms with Gasteiger partial charge in [-0.1, -0.05) is 0 Å². The minimum atomic E-state index is -0.247. The van der Waals surface area contributed by atoms with Crippen molar-refractivity contribution in [2.24, 2.45) is 0 Å². The minimum Gasteiger partial charge on any atom is -0.494 e. The normalized spacial score (nSPS) is 16.8. The fraction of sp³-hybridized carbons (Fsp3) is 0.556. The summed E-state index contributed by atoms with van der Waals surface area (Å²) in [6.45, 7) is 6.80. The summed E-state index contributed by atoms with van der Waals surface area (Å²) in [7, 11) is 0. The van der Waals surface area contributed by atoms with Crippen LogP contribution in [0.3, 0.4) is 0 Å². The van der Waals surface area contributed by atoms with Gasteiger partial charge in [0.25, 0.3) is 0 Å². The van der Waals surface area contributed by atoms with E-state index in [0.717, 1.165) is 17.9 Å². The number of rotatable bonds is 9. The van der Waals surface area contributed by atoms with Crippen LogP contribution in [0.2, 0.25) is 0 Å². The lowest BCUT2D eigenvalue weighted by Crippen LogP contribution is -2.43. The first kappa shape index (κ1) is 19.1. The van der Waals surface area contributed by atoms with E-state index >= 15 is 0 Å². The van der Waals surface area contributed by atoms with Crippen molar-refractivity contribution < 1.29 is 19.1 Å². The standard InChI is InChI=1S/C18H27N3O4/c1-3-24-11-5-10-19-18(23)20-14-12-17(22)21(13-14)15-6-8-16(9-7-15)25-4-2/h6-9,14H,3-5,10-13H2,1-2H3,(H2,19,20,23). The molecule has 2 rings (SSSR count). The molecule has 0 spiro atoms. The molecule has 1 aromatic rings. The molecule has 1 unspecified atom stereocenters. The zero-order valence-electron chi connectivity index (χ0n) is 14.9. The largest absolute Gasteiger partial charge is 0.494 e. The maximum atomic E-state index is 12.2. The summed E-state index contributed by atoms with van der Waals surface area (Å²) >= 11 is 0. The first-order valence-corrected chi connectivity index (χ1v) is 8.79. The number of anilines is 1. The third-order valence-electron chi connectivity index (χ3n) is 3.87. The van der Waals surface area contributed by atoms with Crippen LogP contribution in [0, 0.1) is 0 Å². The lowest BCUT2D eigenvalue weighted by molar-refractivity contribution is -0.117. The van der Waals surface area contributed by atoms with Crippen molar-refractivity contribution in [3.63, 3.8) is 0 Å². The highest BCUT2D eigenvalue weighted by Crippen LogP contribution is 2.24. The smallest absolute Gasteiger partial charge is 0.315 e. The Balaban J connectivity index is 1.78. The number of carbonyl (C=O) groups excluding carboxylic acids is 2. The Hall–Kier alpha value is -2.28. The third-order valence-corrected chi connectivity index (χ3v) is 3.87.